The van der Waals surface area contributed by atoms with Crippen LogP contribution < -0.4 is 5.32 Å². The van der Waals surface area contributed by atoms with Crippen LogP contribution in [0.5, 0.6) is 0 Å². The maximum atomic E-state index is 12.0. The second-order valence-corrected chi connectivity index (χ2v) is 9.01. The molecule has 24 heavy (non-hydrogen) atoms. The van der Waals surface area contributed by atoms with Gasteiger partial charge in [0.05, 0.1) is 16.6 Å². The largest absolute Gasteiger partial charge is 0.480 e. The minimum absolute atomic E-state index is 0.00385. The van der Waals surface area contributed by atoms with Crippen LogP contribution in [0, 0.1) is 5.92 Å². The van der Waals surface area contributed by atoms with Crippen LogP contribution in [0.1, 0.15) is 39.7 Å². The van der Waals surface area contributed by atoms with Crippen molar-refractivity contribution >= 4 is 21.7 Å². The number of rotatable bonds is 8. The van der Waals surface area contributed by atoms with Gasteiger partial charge in [0.2, 0.25) is 5.91 Å². The molecule has 0 fully saturated rings. The monoisotopic (exact) mass is 355 g/mol. The predicted molar refractivity (Wildman–Crippen MR) is 91.5 cm³/mol. The molecule has 7 heteroatoms. The zero-order valence-corrected chi connectivity index (χ0v) is 15.3. The molecule has 0 aromatic heterocycles. The van der Waals surface area contributed by atoms with E-state index in [1.54, 1.807) is 26.0 Å². The van der Waals surface area contributed by atoms with Gasteiger partial charge in [0.1, 0.15) is 6.04 Å². The number of benzene rings is 1. The predicted octanol–water partition coefficient (Wildman–Crippen LogP) is 2.03. The van der Waals surface area contributed by atoms with Crippen molar-refractivity contribution in [3.63, 3.8) is 0 Å². The van der Waals surface area contributed by atoms with E-state index in [1.807, 2.05) is 13.8 Å². The summed E-state index contributed by atoms with van der Waals surface area (Å²) in [7, 11) is -3.34. The Kier molecular flexibility index (Phi) is 6.95. The molecule has 0 aliphatic heterocycles. The van der Waals surface area contributed by atoms with Crippen molar-refractivity contribution in [2.45, 2.75) is 56.7 Å². The van der Waals surface area contributed by atoms with Crippen LogP contribution in [0.2, 0.25) is 0 Å². The zero-order valence-electron chi connectivity index (χ0n) is 14.4. The van der Waals surface area contributed by atoms with E-state index >= 15 is 0 Å². The number of carboxylic acid groups (broad SMARTS) is 1. The van der Waals surface area contributed by atoms with Gasteiger partial charge < -0.3 is 10.4 Å². The third-order valence-electron chi connectivity index (χ3n) is 3.58. The first-order valence-corrected chi connectivity index (χ1v) is 9.43. The SMILES string of the molecule is CC(C)C[C@@H](NC(=O)Cc1ccc(S(=O)(=O)C(C)C)cc1)C(=O)O. The van der Waals surface area contributed by atoms with Crippen molar-refractivity contribution in [1.29, 1.82) is 0 Å². The number of carboxylic acids is 1. The van der Waals surface area contributed by atoms with Crippen LogP contribution in [-0.4, -0.2) is 36.7 Å². The van der Waals surface area contributed by atoms with E-state index in [4.69, 9.17) is 5.11 Å². The van der Waals surface area contributed by atoms with E-state index in [9.17, 15) is 18.0 Å². The summed E-state index contributed by atoms with van der Waals surface area (Å²) in [6.07, 6.45) is 0.358. The summed E-state index contributed by atoms with van der Waals surface area (Å²) in [4.78, 5) is 23.4. The summed E-state index contributed by atoms with van der Waals surface area (Å²) in [6, 6.07) is 5.18. The van der Waals surface area contributed by atoms with Gasteiger partial charge in [-0.3, -0.25) is 4.79 Å². The Morgan fingerprint density at radius 3 is 2.04 bits per heavy atom. The standard InChI is InChI=1S/C17H25NO5S/c1-11(2)9-15(17(20)21)18-16(19)10-13-5-7-14(8-6-13)24(22,23)12(3)4/h5-8,11-12,15H,9-10H2,1-4H3,(H,18,19)(H,20,21)/t15-/m1/s1. The highest BCUT2D eigenvalue weighted by Gasteiger charge is 2.22. The molecule has 0 radical (unpaired) electrons. The zero-order chi connectivity index (χ0) is 18.5. The normalized spacial score (nSPS) is 13.1. The number of carbonyl (C=O) groups is 2. The second-order valence-electron chi connectivity index (χ2n) is 6.50. The molecule has 0 heterocycles. The molecule has 0 unspecified atom stereocenters. The fourth-order valence-corrected chi connectivity index (χ4v) is 3.25. The molecule has 1 aromatic rings. The molecule has 1 amide bonds. The molecule has 0 spiro atoms. The van der Waals surface area contributed by atoms with Crippen molar-refractivity contribution in [1.82, 2.24) is 5.32 Å². The molecule has 0 aliphatic carbocycles. The minimum atomic E-state index is -3.34. The van der Waals surface area contributed by atoms with Crippen LogP contribution in [-0.2, 0) is 25.8 Å². The van der Waals surface area contributed by atoms with Crippen molar-refractivity contribution in [2.24, 2.45) is 5.92 Å². The molecule has 0 saturated heterocycles. The Bertz CT molecular complexity index is 677. The van der Waals surface area contributed by atoms with Gasteiger partial charge in [0.25, 0.3) is 0 Å². The lowest BCUT2D eigenvalue weighted by Crippen LogP contribution is -2.42. The lowest BCUT2D eigenvalue weighted by atomic mass is 10.0. The molecule has 2 N–H and O–H groups in total. The molecular weight excluding hydrogens is 330 g/mol. The van der Waals surface area contributed by atoms with Crippen LogP contribution in [0.3, 0.4) is 0 Å². The van der Waals surface area contributed by atoms with Gasteiger partial charge in [-0.05, 0) is 43.9 Å². The Morgan fingerprint density at radius 2 is 1.62 bits per heavy atom. The Hall–Kier alpha value is -1.89. The molecule has 0 aliphatic rings. The van der Waals surface area contributed by atoms with Crippen LogP contribution in [0.15, 0.2) is 29.2 Å². The molecule has 1 rings (SSSR count). The van der Waals surface area contributed by atoms with Crippen molar-refractivity contribution in [3.8, 4) is 0 Å². The quantitative estimate of drug-likeness (QED) is 0.743. The Labute approximate surface area is 143 Å². The topological polar surface area (TPSA) is 101 Å². The van der Waals surface area contributed by atoms with Crippen LogP contribution in [0.4, 0.5) is 0 Å². The summed E-state index contributed by atoms with van der Waals surface area (Å²) in [5.41, 5.74) is 0.629. The van der Waals surface area contributed by atoms with Crippen molar-refractivity contribution in [2.75, 3.05) is 0 Å². The molecule has 1 aromatic carbocycles. The first-order chi connectivity index (χ1) is 11.0. The highest BCUT2D eigenvalue weighted by Crippen LogP contribution is 2.16. The van der Waals surface area contributed by atoms with E-state index in [-0.39, 0.29) is 17.2 Å². The average molecular weight is 355 g/mol. The van der Waals surface area contributed by atoms with Gasteiger partial charge in [-0.2, -0.15) is 0 Å². The van der Waals surface area contributed by atoms with Gasteiger partial charge in [-0.25, -0.2) is 13.2 Å². The average Bonchev–Trinajstić information content (AvgIpc) is 2.46. The Morgan fingerprint density at radius 1 is 1.08 bits per heavy atom. The lowest BCUT2D eigenvalue weighted by Gasteiger charge is -2.16. The third-order valence-corrected chi connectivity index (χ3v) is 5.75. The van der Waals surface area contributed by atoms with E-state index in [1.165, 1.54) is 12.1 Å². The molecular formula is C17H25NO5S. The maximum absolute atomic E-state index is 12.0. The lowest BCUT2D eigenvalue weighted by molar-refractivity contribution is -0.142. The summed E-state index contributed by atoms with van der Waals surface area (Å²) >= 11 is 0. The number of carbonyl (C=O) groups excluding carboxylic acids is 1. The molecule has 0 saturated carbocycles. The van der Waals surface area contributed by atoms with Gasteiger partial charge in [-0.1, -0.05) is 26.0 Å². The van der Waals surface area contributed by atoms with Crippen LogP contribution in [0.25, 0.3) is 0 Å². The number of hydrogen-bond donors (Lipinski definition) is 2. The molecule has 0 bridgehead atoms. The smallest absolute Gasteiger partial charge is 0.326 e. The highest BCUT2D eigenvalue weighted by atomic mass is 32.2. The second kappa shape index (κ2) is 8.28. The van der Waals surface area contributed by atoms with Gasteiger partial charge >= 0.3 is 5.97 Å². The Balaban J connectivity index is 2.76. The number of nitrogens with one attached hydrogen (secondary N) is 1. The molecule has 6 nitrogen and oxygen atoms in total. The van der Waals surface area contributed by atoms with Gasteiger partial charge in [-0.15, -0.1) is 0 Å². The van der Waals surface area contributed by atoms with Gasteiger partial charge in [0, 0.05) is 0 Å². The fourth-order valence-electron chi connectivity index (χ4n) is 2.19. The number of amides is 1. The number of aliphatic carboxylic acids is 1. The first-order valence-electron chi connectivity index (χ1n) is 7.89. The van der Waals surface area contributed by atoms with E-state index < -0.39 is 33.0 Å². The highest BCUT2D eigenvalue weighted by molar-refractivity contribution is 7.92. The van der Waals surface area contributed by atoms with E-state index in [0.29, 0.717) is 12.0 Å². The summed E-state index contributed by atoms with van der Waals surface area (Å²) in [5, 5.41) is 11.1. The van der Waals surface area contributed by atoms with Crippen LogP contribution >= 0.6 is 0 Å². The fraction of sp³-hybridized carbons (Fsp3) is 0.529. The van der Waals surface area contributed by atoms with Crippen molar-refractivity contribution in [3.05, 3.63) is 29.8 Å². The maximum Gasteiger partial charge on any atom is 0.326 e. The molecule has 134 valence electrons. The summed E-state index contributed by atoms with van der Waals surface area (Å²) in [6.45, 7) is 6.99. The number of sulfone groups is 1. The first kappa shape index (κ1) is 20.2. The summed E-state index contributed by atoms with van der Waals surface area (Å²) in [5.74, 6) is -1.31. The minimum Gasteiger partial charge on any atom is -0.480 e. The number of hydrogen-bond acceptors (Lipinski definition) is 4. The van der Waals surface area contributed by atoms with E-state index in [2.05, 4.69) is 5.32 Å². The van der Waals surface area contributed by atoms with E-state index in [0.717, 1.165) is 0 Å². The summed E-state index contributed by atoms with van der Waals surface area (Å²) < 4.78 is 24.1. The molecule has 1 atom stereocenters. The van der Waals surface area contributed by atoms with Gasteiger partial charge in [0.15, 0.2) is 9.84 Å². The third kappa shape index (κ3) is 5.63. The van der Waals surface area contributed by atoms with Crippen molar-refractivity contribution < 1.29 is 23.1 Å².